The predicted octanol–water partition coefficient (Wildman–Crippen LogP) is 8.45. The smallest absolute Gasteiger partial charge is 0.166 e. The summed E-state index contributed by atoms with van der Waals surface area (Å²) in [5.74, 6) is -0.415. The average Bonchev–Trinajstić information content (AvgIpc) is 2.85. The highest BCUT2D eigenvalue weighted by Crippen LogP contribution is 2.25. The molecule has 0 unspecified atom stereocenters. The molecule has 0 bridgehead atoms. The lowest BCUT2D eigenvalue weighted by atomic mass is 10.0. The molecule has 0 heterocycles. The number of carbonyl (C=O) groups excluding carboxylic acids is 2. The third-order valence-corrected chi connectivity index (χ3v) is 6.33. The van der Waals surface area contributed by atoms with Crippen LogP contribution in [0.25, 0.3) is 0 Å². The first-order valence-corrected chi connectivity index (χ1v) is 13.9. The lowest BCUT2D eigenvalue weighted by Gasteiger charge is -2.04. The number of phenols is 4. The minimum Gasteiger partial charge on any atom is -0.508 e. The first-order chi connectivity index (χ1) is 17.8. The summed E-state index contributed by atoms with van der Waals surface area (Å²) in [7, 11) is 0. The van der Waals surface area contributed by atoms with Crippen molar-refractivity contribution in [2.75, 3.05) is 0 Å². The van der Waals surface area contributed by atoms with E-state index < -0.39 is 0 Å². The van der Waals surface area contributed by atoms with Crippen molar-refractivity contribution in [3.63, 3.8) is 0 Å². The van der Waals surface area contributed by atoms with Crippen LogP contribution in [0.5, 0.6) is 23.0 Å². The molecule has 2 rings (SSSR count). The fourth-order valence-electron chi connectivity index (χ4n) is 4.09. The summed E-state index contributed by atoms with van der Waals surface area (Å²) >= 11 is 0. The zero-order valence-electron chi connectivity index (χ0n) is 22.7. The Morgan fingerprint density at radius 1 is 0.514 bits per heavy atom. The van der Waals surface area contributed by atoms with Crippen LogP contribution < -0.4 is 0 Å². The van der Waals surface area contributed by atoms with Crippen LogP contribution in [0, 0.1) is 0 Å². The molecule has 2 aromatic rings. The van der Waals surface area contributed by atoms with Crippen LogP contribution in [0.4, 0.5) is 0 Å². The lowest BCUT2D eigenvalue weighted by Crippen LogP contribution is -1.99. The van der Waals surface area contributed by atoms with E-state index in [0.29, 0.717) is 24.0 Å². The van der Waals surface area contributed by atoms with Gasteiger partial charge in [-0.1, -0.05) is 84.5 Å². The van der Waals surface area contributed by atoms with Crippen molar-refractivity contribution in [1.82, 2.24) is 0 Å². The van der Waals surface area contributed by atoms with Crippen LogP contribution in [0.3, 0.4) is 0 Å². The fourth-order valence-corrected chi connectivity index (χ4v) is 4.09. The Hall–Kier alpha value is -3.02. The molecule has 0 atom stereocenters. The Labute approximate surface area is 222 Å². The molecule has 0 spiro atoms. The molecular weight excluding hydrogens is 468 g/mol. The Morgan fingerprint density at radius 3 is 1.16 bits per heavy atom. The van der Waals surface area contributed by atoms with Crippen LogP contribution in [-0.2, 0) is 0 Å². The van der Waals surface area contributed by atoms with E-state index in [9.17, 15) is 19.8 Å². The lowest BCUT2D eigenvalue weighted by molar-refractivity contribution is 0.0968. The molecule has 0 saturated carbocycles. The number of benzene rings is 2. The second-order valence-corrected chi connectivity index (χ2v) is 9.64. The number of rotatable bonds is 17. The molecule has 0 amide bonds. The normalized spacial score (nSPS) is 10.5. The van der Waals surface area contributed by atoms with Crippen molar-refractivity contribution >= 4 is 11.6 Å². The number of ketones is 2. The number of Topliss-reactive ketones (excluding diaryl/α,β-unsaturated/α-hetero) is 2. The van der Waals surface area contributed by atoms with Crippen LogP contribution in [-0.4, -0.2) is 32.0 Å². The average molecular weight is 515 g/mol. The fraction of sp³-hybridized carbons (Fsp3) is 0.548. The Kier molecular flexibility index (Phi) is 16.6. The predicted molar refractivity (Wildman–Crippen MR) is 149 cm³/mol. The van der Waals surface area contributed by atoms with Gasteiger partial charge in [0.05, 0.1) is 11.1 Å². The quantitative estimate of drug-likeness (QED) is 0.124. The Balaban J connectivity index is 0.000000371. The van der Waals surface area contributed by atoms with Gasteiger partial charge in [0.15, 0.2) is 11.6 Å². The van der Waals surface area contributed by atoms with Gasteiger partial charge < -0.3 is 20.4 Å². The molecule has 0 aliphatic carbocycles. The number of hydrogen-bond acceptors (Lipinski definition) is 6. The molecule has 37 heavy (non-hydrogen) atoms. The molecule has 206 valence electrons. The monoisotopic (exact) mass is 514 g/mol. The zero-order chi connectivity index (χ0) is 27.5. The van der Waals surface area contributed by atoms with Gasteiger partial charge in [0, 0.05) is 25.0 Å². The molecule has 0 saturated heterocycles. The molecule has 0 aliphatic heterocycles. The maximum atomic E-state index is 11.9. The van der Waals surface area contributed by atoms with Gasteiger partial charge in [-0.25, -0.2) is 0 Å². The van der Waals surface area contributed by atoms with E-state index in [2.05, 4.69) is 13.8 Å². The molecule has 4 N–H and O–H groups in total. The van der Waals surface area contributed by atoms with Crippen molar-refractivity contribution < 1.29 is 30.0 Å². The number of aromatic hydroxyl groups is 4. The highest BCUT2D eigenvalue weighted by atomic mass is 16.3. The largest absolute Gasteiger partial charge is 0.508 e. The van der Waals surface area contributed by atoms with Crippen LogP contribution in [0.2, 0.25) is 0 Å². The van der Waals surface area contributed by atoms with Crippen molar-refractivity contribution in [3.8, 4) is 23.0 Å². The Bertz CT molecular complexity index is 937. The van der Waals surface area contributed by atoms with Gasteiger partial charge in [-0.3, -0.25) is 9.59 Å². The van der Waals surface area contributed by atoms with E-state index in [-0.39, 0.29) is 34.6 Å². The van der Waals surface area contributed by atoms with Gasteiger partial charge in [0.25, 0.3) is 0 Å². The summed E-state index contributed by atoms with van der Waals surface area (Å²) in [5, 5.41) is 37.4. The van der Waals surface area contributed by atoms with E-state index in [4.69, 9.17) is 10.2 Å². The van der Waals surface area contributed by atoms with Crippen molar-refractivity contribution in [2.24, 2.45) is 0 Å². The highest BCUT2D eigenvalue weighted by molar-refractivity contribution is 5.99. The third kappa shape index (κ3) is 13.7. The number of unbranched alkanes of at least 4 members (excludes halogenated alkanes) is 11. The van der Waals surface area contributed by atoms with Crippen molar-refractivity contribution in [2.45, 2.75) is 110 Å². The molecule has 6 heteroatoms. The van der Waals surface area contributed by atoms with E-state index in [0.717, 1.165) is 25.7 Å². The van der Waals surface area contributed by atoms with Gasteiger partial charge in [0.1, 0.15) is 23.0 Å². The van der Waals surface area contributed by atoms with E-state index >= 15 is 0 Å². The summed E-state index contributed by atoms with van der Waals surface area (Å²) in [6.07, 6.45) is 15.9. The first kappa shape index (κ1) is 32.0. The van der Waals surface area contributed by atoms with Crippen LogP contribution in [0.1, 0.15) is 131 Å². The molecule has 0 aromatic heterocycles. The minimum atomic E-state index is -0.133. The molecule has 0 fully saturated rings. The first-order valence-electron chi connectivity index (χ1n) is 13.9. The summed E-state index contributed by atoms with van der Waals surface area (Å²) in [4.78, 5) is 23.7. The zero-order valence-corrected chi connectivity index (χ0v) is 22.7. The van der Waals surface area contributed by atoms with Gasteiger partial charge in [0.2, 0.25) is 0 Å². The number of phenolic OH excluding ortho intramolecular Hbond substituents is 4. The molecule has 2 aromatic carbocycles. The SMILES string of the molecule is CCCCCCCCC(=O)c1ccc(O)cc1O.CCCCCCCCCC(=O)c1ccc(O)cc1O. The summed E-state index contributed by atoms with van der Waals surface area (Å²) < 4.78 is 0. The summed E-state index contributed by atoms with van der Waals surface area (Å²) in [6, 6.07) is 8.22. The number of hydrogen-bond donors (Lipinski definition) is 4. The standard InChI is InChI=1S/C16H24O3.C15H22O3/c1-2-3-4-5-6-7-8-9-15(18)14-11-10-13(17)12-16(14)19;1-2-3-4-5-6-7-8-14(17)13-10-9-12(16)11-15(13)18/h10-12,17,19H,2-9H2,1H3;9-11,16,18H,2-8H2,1H3. The second-order valence-electron chi connectivity index (χ2n) is 9.64. The maximum Gasteiger partial charge on any atom is 0.166 e. The van der Waals surface area contributed by atoms with E-state index in [1.165, 1.54) is 94.2 Å². The molecule has 0 radical (unpaired) electrons. The van der Waals surface area contributed by atoms with Gasteiger partial charge in [-0.05, 0) is 37.1 Å². The van der Waals surface area contributed by atoms with Crippen LogP contribution in [0.15, 0.2) is 36.4 Å². The topological polar surface area (TPSA) is 115 Å². The maximum absolute atomic E-state index is 11.9. The molecular formula is C31H46O6. The van der Waals surface area contributed by atoms with Crippen molar-refractivity contribution in [1.29, 1.82) is 0 Å². The Morgan fingerprint density at radius 2 is 0.838 bits per heavy atom. The van der Waals surface area contributed by atoms with Gasteiger partial charge in [-0.2, -0.15) is 0 Å². The van der Waals surface area contributed by atoms with Gasteiger partial charge in [-0.15, -0.1) is 0 Å². The highest BCUT2D eigenvalue weighted by Gasteiger charge is 2.12. The molecule has 6 nitrogen and oxygen atoms in total. The third-order valence-electron chi connectivity index (χ3n) is 6.33. The molecule has 0 aliphatic rings. The number of carbonyl (C=O) groups is 2. The van der Waals surface area contributed by atoms with Gasteiger partial charge >= 0.3 is 0 Å². The summed E-state index contributed by atoms with van der Waals surface area (Å²) in [6.45, 7) is 4.37. The summed E-state index contributed by atoms with van der Waals surface area (Å²) in [5.41, 5.74) is 0.616. The van der Waals surface area contributed by atoms with E-state index in [1.54, 1.807) is 0 Å². The van der Waals surface area contributed by atoms with Crippen molar-refractivity contribution in [3.05, 3.63) is 47.5 Å². The second kappa shape index (κ2) is 19.1. The van der Waals surface area contributed by atoms with Crippen LogP contribution >= 0.6 is 0 Å². The minimum absolute atomic E-state index is 0.0232. The van der Waals surface area contributed by atoms with E-state index in [1.807, 2.05) is 0 Å².